The number of benzene rings is 2. The van der Waals surface area contributed by atoms with Crippen LogP contribution in [0.2, 0.25) is 0 Å². The molecule has 8 nitrogen and oxygen atoms in total. The first-order chi connectivity index (χ1) is 13.5. The molecule has 3 rings (SSSR count). The average Bonchev–Trinajstić information content (AvgIpc) is 3.10. The first-order valence-corrected chi connectivity index (χ1v) is 9.01. The Kier molecular flexibility index (Phi) is 5.78. The Hall–Kier alpha value is -3.55. The zero-order chi connectivity index (χ0) is 20.1. The van der Waals surface area contributed by atoms with Crippen molar-refractivity contribution in [2.75, 3.05) is 6.54 Å². The van der Waals surface area contributed by atoms with Gasteiger partial charge >= 0.3 is 0 Å². The van der Waals surface area contributed by atoms with E-state index in [9.17, 15) is 14.9 Å². The van der Waals surface area contributed by atoms with E-state index in [0.717, 1.165) is 6.42 Å². The summed E-state index contributed by atoms with van der Waals surface area (Å²) in [5.74, 6) is -0.110. The number of carbonyl (C=O) groups is 1. The summed E-state index contributed by atoms with van der Waals surface area (Å²) in [6.45, 7) is 4.28. The predicted molar refractivity (Wildman–Crippen MR) is 105 cm³/mol. The van der Waals surface area contributed by atoms with Crippen LogP contribution in [-0.2, 0) is 0 Å². The van der Waals surface area contributed by atoms with E-state index in [1.807, 2.05) is 30.3 Å². The maximum atomic E-state index is 12.6. The first-order valence-electron chi connectivity index (χ1n) is 9.01. The molecule has 28 heavy (non-hydrogen) atoms. The molecular formula is C20H21N5O3. The second-order valence-electron chi connectivity index (χ2n) is 6.44. The summed E-state index contributed by atoms with van der Waals surface area (Å²) in [4.78, 5) is 23.1. The summed E-state index contributed by atoms with van der Waals surface area (Å²) in [5, 5.41) is 21.9. The molecule has 1 unspecified atom stereocenters. The molecule has 1 N–H and O–H groups in total. The number of hydrogen-bond donors (Lipinski definition) is 1. The molecule has 2 aromatic carbocycles. The number of aromatic nitrogens is 3. The third-order valence-electron chi connectivity index (χ3n) is 4.67. The molecule has 0 aliphatic carbocycles. The number of nitrogens with one attached hydrogen (secondary N) is 1. The monoisotopic (exact) mass is 379 g/mol. The minimum absolute atomic E-state index is 0.0490. The van der Waals surface area contributed by atoms with Crippen LogP contribution in [0.5, 0.6) is 0 Å². The van der Waals surface area contributed by atoms with Crippen LogP contribution in [0.15, 0.2) is 54.6 Å². The molecule has 0 bridgehead atoms. The topological polar surface area (TPSA) is 103 Å². The third-order valence-corrected chi connectivity index (χ3v) is 4.67. The van der Waals surface area contributed by atoms with Gasteiger partial charge in [0.15, 0.2) is 5.69 Å². The molecule has 0 spiro atoms. The number of rotatable bonds is 7. The van der Waals surface area contributed by atoms with Gasteiger partial charge in [0, 0.05) is 24.6 Å². The third kappa shape index (κ3) is 4.06. The van der Waals surface area contributed by atoms with Crippen molar-refractivity contribution in [2.24, 2.45) is 0 Å². The SMILES string of the molecule is CCC(CNC(=O)c1nnn(-c2cccc([N+](=O)[O-])c2)c1C)c1ccccc1. The maximum absolute atomic E-state index is 12.6. The zero-order valence-electron chi connectivity index (χ0n) is 15.7. The van der Waals surface area contributed by atoms with Gasteiger partial charge in [-0.1, -0.05) is 48.5 Å². The Labute approximate surface area is 162 Å². The lowest BCUT2D eigenvalue weighted by Gasteiger charge is -2.15. The van der Waals surface area contributed by atoms with Crippen molar-refractivity contribution in [3.8, 4) is 5.69 Å². The van der Waals surface area contributed by atoms with Gasteiger partial charge in [-0.25, -0.2) is 4.68 Å². The lowest BCUT2D eigenvalue weighted by molar-refractivity contribution is -0.384. The summed E-state index contributed by atoms with van der Waals surface area (Å²) in [6, 6.07) is 16.1. The minimum Gasteiger partial charge on any atom is -0.350 e. The Morgan fingerprint density at radius 2 is 1.96 bits per heavy atom. The fraction of sp³-hybridized carbons (Fsp3) is 0.250. The van der Waals surface area contributed by atoms with Crippen molar-refractivity contribution < 1.29 is 9.72 Å². The largest absolute Gasteiger partial charge is 0.350 e. The van der Waals surface area contributed by atoms with Gasteiger partial charge in [-0.05, 0) is 25.0 Å². The van der Waals surface area contributed by atoms with Crippen molar-refractivity contribution in [1.82, 2.24) is 20.3 Å². The first kappa shape index (κ1) is 19.2. The normalized spacial score (nSPS) is 11.8. The molecule has 0 aliphatic heterocycles. The second kappa shape index (κ2) is 8.43. The van der Waals surface area contributed by atoms with Crippen LogP contribution >= 0.6 is 0 Å². The zero-order valence-corrected chi connectivity index (χ0v) is 15.7. The quantitative estimate of drug-likeness (QED) is 0.500. The second-order valence-corrected chi connectivity index (χ2v) is 6.44. The van der Waals surface area contributed by atoms with Gasteiger partial charge < -0.3 is 5.32 Å². The molecule has 1 heterocycles. The molecule has 1 amide bonds. The van der Waals surface area contributed by atoms with Gasteiger partial charge in [-0.3, -0.25) is 14.9 Å². The maximum Gasteiger partial charge on any atom is 0.273 e. The van der Waals surface area contributed by atoms with Crippen molar-refractivity contribution in [3.63, 3.8) is 0 Å². The van der Waals surface area contributed by atoms with Crippen molar-refractivity contribution in [3.05, 3.63) is 81.7 Å². The van der Waals surface area contributed by atoms with Gasteiger partial charge in [-0.2, -0.15) is 0 Å². The van der Waals surface area contributed by atoms with Gasteiger partial charge in [-0.15, -0.1) is 5.10 Å². The van der Waals surface area contributed by atoms with E-state index >= 15 is 0 Å². The molecular weight excluding hydrogens is 358 g/mol. The van der Waals surface area contributed by atoms with Gasteiger partial charge in [0.1, 0.15) is 0 Å². The van der Waals surface area contributed by atoms with Crippen molar-refractivity contribution >= 4 is 11.6 Å². The Balaban J connectivity index is 1.75. The molecule has 3 aromatic rings. The van der Waals surface area contributed by atoms with Crippen LogP contribution in [0.4, 0.5) is 5.69 Å². The number of amides is 1. The van der Waals surface area contributed by atoms with E-state index in [4.69, 9.17) is 0 Å². The fourth-order valence-electron chi connectivity index (χ4n) is 3.05. The lowest BCUT2D eigenvalue weighted by atomic mass is 9.96. The summed E-state index contributed by atoms with van der Waals surface area (Å²) in [7, 11) is 0. The predicted octanol–water partition coefficient (Wildman–Crippen LogP) is 3.41. The summed E-state index contributed by atoms with van der Waals surface area (Å²) in [5.41, 5.74) is 2.32. The molecule has 1 atom stereocenters. The minimum atomic E-state index is -0.474. The number of nitrogens with zero attached hydrogens (tertiary/aromatic N) is 4. The average molecular weight is 379 g/mol. The van der Waals surface area contributed by atoms with Crippen LogP contribution in [-0.4, -0.2) is 32.4 Å². The van der Waals surface area contributed by atoms with Crippen molar-refractivity contribution in [1.29, 1.82) is 0 Å². The van der Waals surface area contributed by atoms with E-state index < -0.39 is 4.92 Å². The molecule has 0 saturated heterocycles. The number of nitro groups is 1. The summed E-state index contributed by atoms with van der Waals surface area (Å²) < 4.78 is 1.43. The number of carbonyl (C=O) groups excluding carboxylic acids is 1. The van der Waals surface area contributed by atoms with Crippen LogP contribution in [0.3, 0.4) is 0 Å². The van der Waals surface area contributed by atoms with Crippen LogP contribution in [0.25, 0.3) is 5.69 Å². The van der Waals surface area contributed by atoms with E-state index in [2.05, 4.69) is 22.6 Å². The lowest BCUT2D eigenvalue weighted by Crippen LogP contribution is -2.29. The van der Waals surface area contributed by atoms with E-state index in [1.54, 1.807) is 19.1 Å². The molecule has 0 saturated carbocycles. The smallest absolute Gasteiger partial charge is 0.273 e. The highest BCUT2D eigenvalue weighted by molar-refractivity contribution is 5.93. The Bertz CT molecular complexity index is 985. The Morgan fingerprint density at radius 3 is 2.64 bits per heavy atom. The summed E-state index contributed by atoms with van der Waals surface area (Å²) in [6.07, 6.45) is 0.893. The van der Waals surface area contributed by atoms with Gasteiger partial charge in [0.05, 0.1) is 16.3 Å². The highest BCUT2D eigenvalue weighted by Gasteiger charge is 2.19. The highest BCUT2D eigenvalue weighted by atomic mass is 16.6. The Morgan fingerprint density at radius 1 is 1.21 bits per heavy atom. The van der Waals surface area contributed by atoms with Crippen LogP contribution in [0.1, 0.15) is 41.0 Å². The molecule has 0 aliphatic rings. The van der Waals surface area contributed by atoms with Crippen molar-refractivity contribution in [2.45, 2.75) is 26.2 Å². The number of nitro benzene ring substituents is 1. The van der Waals surface area contributed by atoms with E-state index in [-0.39, 0.29) is 23.2 Å². The fourth-order valence-corrected chi connectivity index (χ4v) is 3.05. The molecule has 1 aromatic heterocycles. The molecule has 8 heteroatoms. The van der Waals surface area contributed by atoms with Gasteiger partial charge in [0.2, 0.25) is 0 Å². The highest BCUT2D eigenvalue weighted by Crippen LogP contribution is 2.20. The summed E-state index contributed by atoms with van der Waals surface area (Å²) >= 11 is 0. The van der Waals surface area contributed by atoms with E-state index in [1.165, 1.54) is 22.4 Å². The van der Waals surface area contributed by atoms with E-state index in [0.29, 0.717) is 17.9 Å². The molecule has 0 radical (unpaired) electrons. The molecule has 0 fully saturated rings. The van der Waals surface area contributed by atoms with Gasteiger partial charge in [0.25, 0.3) is 11.6 Å². The number of non-ortho nitro benzene ring substituents is 1. The molecule has 144 valence electrons. The standard InChI is InChI=1S/C20H21N5O3/c1-3-15(16-8-5-4-6-9-16)13-21-20(26)19-14(2)24(23-22-19)17-10-7-11-18(12-17)25(27)28/h4-12,15H,3,13H2,1-2H3,(H,21,26). The number of hydrogen-bond acceptors (Lipinski definition) is 5. The van der Waals surface area contributed by atoms with Crippen LogP contribution in [0, 0.1) is 17.0 Å². The van der Waals surface area contributed by atoms with Crippen LogP contribution < -0.4 is 5.32 Å².